The summed E-state index contributed by atoms with van der Waals surface area (Å²) in [6.45, 7) is 4.36. The molecule has 1 aliphatic heterocycles. The number of ether oxygens (including phenoxy) is 1. The molecule has 0 aliphatic carbocycles. The zero-order valence-electron chi connectivity index (χ0n) is 16.9. The summed E-state index contributed by atoms with van der Waals surface area (Å²) in [4.78, 5) is 11.3. The molecular formula is C26H26O3. The minimum absolute atomic E-state index is 0.217. The monoisotopic (exact) mass is 386 g/mol. The van der Waals surface area contributed by atoms with Crippen LogP contribution in [0, 0.1) is 0 Å². The van der Waals surface area contributed by atoms with Crippen LogP contribution in [0.4, 0.5) is 0 Å². The molecule has 1 atom stereocenters. The molecule has 3 nitrogen and oxygen atoms in total. The van der Waals surface area contributed by atoms with Crippen molar-refractivity contribution in [2.45, 2.75) is 45.1 Å². The fourth-order valence-corrected chi connectivity index (χ4v) is 4.05. The largest absolute Gasteiger partial charge is 0.487 e. The highest BCUT2D eigenvalue weighted by atomic mass is 16.5. The van der Waals surface area contributed by atoms with Gasteiger partial charge >= 0.3 is 5.97 Å². The quantitative estimate of drug-likeness (QED) is 0.590. The smallest absolute Gasteiger partial charge is 0.335 e. The van der Waals surface area contributed by atoms with Crippen molar-refractivity contribution in [3.05, 3.63) is 89.0 Å². The summed E-state index contributed by atoms with van der Waals surface area (Å²) in [5, 5.41) is 9.24. The molecule has 0 bridgehead atoms. The van der Waals surface area contributed by atoms with Gasteiger partial charge < -0.3 is 9.84 Å². The van der Waals surface area contributed by atoms with E-state index >= 15 is 0 Å². The molecule has 0 aromatic heterocycles. The van der Waals surface area contributed by atoms with Crippen molar-refractivity contribution in [3.8, 4) is 16.9 Å². The molecule has 0 saturated carbocycles. The summed E-state index contributed by atoms with van der Waals surface area (Å²) in [6.07, 6.45) is 3.84. The van der Waals surface area contributed by atoms with Crippen LogP contribution < -0.4 is 4.74 Å². The summed E-state index contributed by atoms with van der Waals surface area (Å²) in [6, 6.07) is 22.1. The lowest BCUT2D eigenvalue weighted by Gasteiger charge is -2.36. The molecular weight excluding hydrogens is 360 g/mol. The van der Waals surface area contributed by atoms with Gasteiger partial charge in [-0.3, -0.25) is 0 Å². The molecule has 0 amide bonds. The number of carboxylic acid groups (broad SMARTS) is 1. The Labute approximate surface area is 172 Å². The first-order chi connectivity index (χ1) is 14.0. The Morgan fingerprint density at radius 3 is 2.45 bits per heavy atom. The molecule has 29 heavy (non-hydrogen) atoms. The van der Waals surface area contributed by atoms with Gasteiger partial charge in [-0.1, -0.05) is 49.4 Å². The maximum absolute atomic E-state index is 11.3. The molecule has 1 heterocycles. The van der Waals surface area contributed by atoms with E-state index in [0.29, 0.717) is 5.56 Å². The molecule has 4 rings (SSSR count). The number of aromatic carboxylic acids is 1. The zero-order valence-corrected chi connectivity index (χ0v) is 16.9. The molecule has 1 aliphatic rings. The third-order valence-electron chi connectivity index (χ3n) is 5.79. The van der Waals surface area contributed by atoms with Crippen LogP contribution in [-0.2, 0) is 19.3 Å². The standard InChI is InChI=1S/C26H26O3/c1-3-18-7-9-19(10-8-18)17-26(2)14-13-22-15-21(11-12-24(22)29-26)20-5-4-6-23(16-20)25(27)28/h4-12,15-16H,3,13-14,17H2,1-2H3,(H,27,28)/t26-/m1/s1. The van der Waals surface area contributed by atoms with Crippen LogP contribution in [0.1, 0.15) is 47.3 Å². The van der Waals surface area contributed by atoms with Crippen molar-refractivity contribution in [2.24, 2.45) is 0 Å². The Morgan fingerprint density at radius 1 is 1.00 bits per heavy atom. The number of fused-ring (bicyclic) bond motifs is 1. The molecule has 3 aromatic carbocycles. The van der Waals surface area contributed by atoms with Crippen LogP contribution in [0.15, 0.2) is 66.7 Å². The second kappa shape index (κ2) is 7.75. The molecule has 148 valence electrons. The van der Waals surface area contributed by atoms with Crippen LogP contribution in [0.5, 0.6) is 5.75 Å². The van der Waals surface area contributed by atoms with Crippen molar-refractivity contribution in [2.75, 3.05) is 0 Å². The molecule has 3 heteroatoms. The molecule has 0 unspecified atom stereocenters. The lowest BCUT2D eigenvalue weighted by molar-refractivity contribution is 0.0653. The number of hydrogen-bond donors (Lipinski definition) is 1. The molecule has 0 saturated heterocycles. The van der Waals surface area contributed by atoms with Crippen molar-refractivity contribution >= 4 is 5.97 Å². The van der Waals surface area contributed by atoms with Gasteiger partial charge in [-0.25, -0.2) is 4.79 Å². The van der Waals surface area contributed by atoms with E-state index in [-0.39, 0.29) is 5.60 Å². The van der Waals surface area contributed by atoms with Gasteiger partial charge in [0.05, 0.1) is 5.56 Å². The highest BCUT2D eigenvalue weighted by molar-refractivity contribution is 5.89. The fourth-order valence-electron chi connectivity index (χ4n) is 4.05. The Kier molecular flexibility index (Phi) is 5.14. The second-order valence-corrected chi connectivity index (χ2v) is 8.11. The van der Waals surface area contributed by atoms with E-state index in [2.05, 4.69) is 44.2 Å². The molecule has 0 spiro atoms. The summed E-state index contributed by atoms with van der Waals surface area (Å²) in [5.74, 6) is 0.0259. The average Bonchev–Trinajstić information content (AvgIpc) is 2.74. The number of carboxylic acids is 1. The number of hydrogen-bond acceptors (Lipinski definition) is 2. The maximum Gasteiger partial charge on any atom is 0.335 e. The summed E-state index contributed by atoms with van der Waals surface area (Å²) < 4.78 is 6.44. The van der Waals surface area contributed by atoms with E-state index in [1.807, 2.05) is 18.2 Å². The first-order valence-corrected chi connectivity index (χ1v) is 10.2. The predicted molar refractivity (Wildman–Crippen MR) is 116 cm³/mol. The number of carbonyl (C=O) groups is 1. The number of rotatable bonds is 5. The van der Waals surface area contributed by atoms with Gasteiger partial charge in [-0.15, -0.1) is 0 Å². The molecule has 0 fully saturated rings. The Bertz CT molecular complexity index is 1040. The van der Waals surface area contributed by atoms with Crippen molar-refractivity contribution in [3.63, 3.8) is 0 Å². The SMILES string of the molecule is CCc1ccc(C[C@@]2(C)CCc3cc(-c4cccc(C(=O)O)c4)ccc3O2)cc1. The summed E-state index contributed by atoms with van der Waals surface area (Å²) in [7, 11) is 0. The zero-order chi connectivity index (χ0) is 20.4. The Balaban J connectivity index is 1.54. The third kappa shape index (κ3) is 4.19. The predicted octanol–water partition coefficient (Wildman–Crippen LogP) is 5.94. The summed E-state index contributed by atoms with van der Waals surface area (Å²) in [5.41, 5.74) is 5.86. The number of aryl methyl sites for hydroxylation is 2. The normalized spacial score (nSPS) is 18.0. The van der Waals surface area contributed by atoms with Crippen molar-refractivity contribution in [1.82, 2.24) is 0 Å². The minimum Gasteiger partial charge on any atom is -0.487 e. The summed E-state index contributed by atoms with van der Waals surface area (Å²) >= 11 is 0. The molecule has 3 aromatic rings. The van der Waals surface area contributed by atoms with Crippen molar-refractivity contribution < 1.29 is 14.6 Å². The molecule has 1 N–H and O–H groups in total. The first kappa shape index (κ1) is 19.3. The van der Waals surface area contributed by atoms with E-state index in [1.54, 1.807) is 18.2 Å². The number of benzene rings is 3. The van der Waals surface area contributed by atoms with Crippen LogP contribution >= 0.6 is 0 Å². The van der Waals surface area contributed by atoms with Crippen LogP contribution in [0.2, 0.25) is 0 Å². The van der Waals surface area contributed by atoms with Crippen molar-refractivity contribution in [1.29, 1.82) is 0 Å². The maximum atomic E-state index is 11.3. The first-order valence-electron chi connectivity index (χ1n) is 10.2. The highest BCUT2D eigenvalue weighted by Crippen LogP contribution is 2.37. The van der Waals surface area contributed by atoms with Crippen LogP contribution in [-0.4, -0.2) is 16.7 Å². The fraction of sp³-hybridized carbons (Fsp3) is 0.269. The van der Waals surface area contributed by atoms with E-state index < -0.39 is 5.97 Å². The topological polar surface area (TPSA) is 46.5 Å². The van der Waals surface area contributed by atoms with Gasteiger partial charge in [-0.05, 0) is 78.3 Å². The van der Waals surface area contributed by atoms with Gasteiger partial charge in [0, 0.05) is 6.42 Å². The van der Waals surface area contributed by atoms with Gasteiger partial charge in [-0.2, -0.15) is 0 Å². The Hall–Kier alpha value is -3.07. The lowest BCUT2D eigenvalue weighted by atomic mass is 9.86. The van der Waals surface area contributed by atoms with Gasteiger partial charge in [0.15, 0.2) is 0 Å². The third-order valence-corrected chi connectivity index (χ3v) is 5.79. The van der Waals surface area contributed by atoms with Gasteiger partial charge in [0.2, 0.25) is 0 Å². The van der Waals surface area contributed by atoms with E-state index in [0.717, 1.165) is 42.6 Å². The Morgan fingerprint density at radius 2 is 1.72 bits per heavy atom. The van der Waals surface area contributed by atoms with E-state index in [9.17, 15) is 9.90 Å². The minimum atomic E-state index is -0.907. The molecule has 0 radical (unpaired) electrons. The van der Waals surface area contributed by atoms with E-state index in [4.69, 9.17) is 4.74 Å². The van der Waals surface area contributed by atoms with Gasteiger partial charge in [0.1, 0.15) is 11.4 Å². The van der Waals surface area contributed by atoms with Crippen LogP contribution in [0.3, 0.4) is 0 Å². The highest BCUT2D eigenvalue weighted by Gasteiger charge is 2.32. The second-order valence-electron chi connectivity index (χ2n) is 8.11. The van der Waals surface area contributed by atoms with E-state index in [1.165, 1.54) is 16.7 Å². The lowest BCUT2D eigenvalue weighted by Crippen LogP contribution is -2.38. The average molecular weight is 386 g/mol. The van der Waals surface area contributed by atoms with Gasteiger partial charge in [0.25, 0.3) is 0 Å². The van der Waals surface area contributed by atoms with Crippen LogP contribution in [0.25, 0.3) is 11.1 Å².